The highest BCUT2D eigenvalue weighted by atomic mass is 16.7. The number of ether oxygens (including phenoxy) is 2. The molecule has 3 nitrogen and oxygen atoms in total. The third kappa shape index (κ3) is 1.30. The highest BCUT2D eigenvalue weighted by molar-refractivity contribution is 5.00. The van der Waals surface area contributed by atoms with Gasteiger partial charge in [-0.3, -0.25) is 0 Å². The van der Waals surface area contributed by atoms with Gasteiger partial charge in [0.2, 0.25) is 0 Å². The molecule has 0 aromatic heterocycles. The molecule has 4 aliphatic rings. The van der Waals surface area contributed by atoms with Gasteiger partial charge in [-0.15, -0.1) is 0 Å². The van der Waals surface area contributed by atoms with E-state index in [1.54, 1.807) is 7.11 Å². The lowest BCUT2D eigenvalue weighted by molar-refractivity contribution is -0.169. The molecule has 4 rings (SSSR count). The van der Waals surface area contributed by atoms with E-state index in [1.807, 2.05) is 0 Å². The minimum Gasteiger partial charge on any atom is -0.390 e. The van der Waals surface area contributed by atoms with Gasteiger partial charge >= 0.3 is 0 Å². The van der Waals surface area contributed by atoms with E-state index < -0.39 is 5.60 Å². The van der Waals surface area contributed by atoms with Crippen molar-refractivity contribution in [1.82, 2.24) is 0 Å². The van der Waals surface area contributed by atoms with E-state index in [2.05, 4.69) is 0 Å². The standard InChI is InChI=1S/C11H18O3/c1-13-10-8-2-7-3-9(14-10)6-11(12,4-7)5-8/h7-10,12H,2-6H2,1H3. The van der Waals surface area contributed by atoms with Crippen molar-refractivity contribution in [2.24, 2.45) is 11.8 Å². The van der Waals surface area contributed by atoms with Gasteiger partial charge in [0.15, 0.2) is 6.29 Å². The first-order chi connectivity index (χ1) is 6.68. The molecular weight excluding hydrogens is 180 g/mol. The predicted octanol–water partition coefficient (Wildman–Crippen LogP) is 1.30. The molecular formula is C11H18O3. The van der Waals surface area contributed by atoms with Gasteiger partial charge < -0.3 is 14.6 Å². The summed E-state index contributed by atoms with van der Waals surface area (Å²) in [6.45, 7) is 0. The third-order valence-electron chi connectivity index (χ3n) is 4.09. The SMILES string of the molecule is COC1OC2CC3CC1CC(O)(C3)C2. The van der Waals surface area contributed by atoms with Crippen LogP contribution in [0.25, 0.3) is 0 Å². The van der Waals surface area contributed by atoms with Crippen LogP contribution in [0.5, 0.6) is 0 Å². The summed E-state index contributed by atoms with van der Waals surface area (Å²) in [5.74, 6) is 1.08. The number of hydrogen-bond acceptors (Lipinski definition) is 3. The molecule has 14 heavy (non-hydrogen) atoms. The van der Waals surface area contributed by atoms with Crippen LogP contribution in [-0.4, -0.2) is 30.2 Å². The molecule has 4 fully saturated rings. The maximum atomic E-state index is 10.4. The van der Waals surface area contributed by atoms with Gasteiger partial charge in [0.1, 0.15) is 0 Å². The molecule has 2 aliphatic carbocycles. The van der Waals surface area contributed by atoms with Crippen LogP contribution in [0.15, 0.2) is 0 Å². The van der Waals surface area contributed by atoms with Gasteiger partial charge in [0.05, 0.1) is 11.7 Å². The van der Waals surface area contributed by atoms with Crippen LogP contribution in [0.2, 0.25) is 0 Å². The molecule has 2 heterocycles. The van der Waals surface area contributed by atoms with E-state index in [0.29, 0.717) is 11.8 Å². The molecule has 0 aromatic rings. The fourth-order valence-electron chi connectivity index (χ4n) is 3.79. The topological polar surface area (TPSA) is 38.7 Å². The number of rotatable bonds is 1. The Balaban J connectivity index is 1.91. The molecule has 1 N–H and O–H groups in total. The summed E-state index contributed by atoms with van der Waals surface area (Å²) in [6.07, 6.45) is 5.14. The molecule has 2 saturated carbocycles. The first-order valence-corrected chi connectivity index (χ1v) is 5.59. The van der Waals surface area contributed by atoms with Crippen LogP contribution >= 0.6 is 0 Å². The van der Waals surface area contributed by atoms with Crippen molar-refractivity contribution in [3.63, 3.8) is 0 Å². The van der Waals surface area contributed by atoms with Crippen molar-refractivity contribution in [3.05, 3.63) is 0 Å². The van der Waals surface area contributed by atoms with Gasteiger partial charge in [-0.05, 0) is 31.6 Å². The van der Waals surface area contributed by atoms with Crippen molar-refractivity contribution in [2.45, 2.75) is 50.1 Å². The van der Waals surface area contributed by atoms with Crippen LogP contribution in [0, 0.1) is 11.8 Å². The molecule has 3 heteroatoms. The monoisotopic (exact) mass is 198 g/mol. The Labute approximate surface area is 84.4 Å². The third-order valence-corrected chi connectivity index (χ3v) is 4.09. The van der Waals surface area contributed by atoms with Crippen LogP contribution < -0.4 is 0 Å². The van der Waals surface area contributed by atoms with Gasteiger partial charge in [-0.1, -0.05) is 0 Å². The van der Waals surface area contributed by atoms with Crippen LogP contribution in [0.1, 0.15) is 32.1 Å². The lowest BCUT2D eigenvalue weighted by Crippen LogP contribution is -2.44. The Hall–Kier alpha value is -0.120. The second-order valence-corrected chi connectivity index (χ2v) is 5.30. The summed E-state index contributed by atoms with van der Waals surface area (Å²) in [6, 6.07) is 0. The Kier molecular flexibility index (Phi) is 1.92. The molecule has 0 radical (unpaired) electrons. The number of methoxy groups -OCH3 is 1. The second-order valence-electron chi connectivity index (χ2n) is 5.30. The molecule has 2 saturated heterocycles. The highest BCUT2D eigenvalue weighted by Crippen LogP contribution is 2.50. The molecule has 2 aliphatic heterocycles. The van der Waals surface area contributed by atoms with E-state index in [1.165, 1.54) is 6.42 Å². The van der Waals surface area contributed by atoms with Crippen molar-refractivity contribution in [2.75, 3.05) is 7.11 Å². The molecule has 0 spiro atoms. The first kappa shape index (κ1) is 9.13. The van der Waals surface area contributed by atoms with Crippen molar-refractivity contribution < 1.29 is 14.6 Å². The minimum atomic E-state index is -0.441. The van der Waals surface area contributed by atoms with Gasteiger partial charge in [-0.2, -0.15) is 0 Å². The summed E-state index contributed by atoms with van der Waals surface area (Å²) >= 11 is 0. The normalized spacial score (nSPS) is 56.1. The lowest BCUT2D eigenvalue weighted by atomic mass is 9.65. The van der Waals surface area contributed by atoms with Crippen LogP contribution in [-0.2, 0) is 9.47 Å². The average Bonchev–Trinajstić information content (AvgIpc) is 2.26. The summed E-state index contributed by atoms with van der Waals surface area (Å²) in [4.78, 5) is 0. The maximum absolute atomic E-state index is 10.4. The van der Waals surface area contributed by atoms with Gasteiger partial charge in [0, 0.05) is 19.4 Å². The Bertz CT molecular complexity index is 243. The van der Waals surface area contributed by atoms with Crippen molar-refractivity contribution in [3.8, 4) is 0 Å². The van der Waals surface area contributed by atoms with E-state index in [0.717, 1.165) is 25.7 Å². The number of fused-ring (bicyclic) bond motifs is 1. The first-order valence-electron chi connectivity index (χ1n) is 5.59. The predicted molar refractivity (Wildman–Crippen MR) is 50.7 cm³/mol. The highest BCUT2D eigenvalue weighted by Gasteiger charge is 2.51. The summed E-state index contributed by atoms with van der Waals surface area (Å²) < 4.78 is 11.2. The minimum absolute atomic E-state index is 0.0701. The molecule has 80 valence electrons. The Morgan fingerprint density at radius 3 is 2.86 bits per heavy atom. The zero-order valence-electron chi connectivity index (χ0n) is 8.61. The Morgan fingerprint density at radius 2 is 2.14 bits per heavy atom. The van der Waals surface area contributed by atoms with Crippen LogP contribution in [0.3, 0.4) is 0 Å². The smallest absolute Gasteiger partial charge is 0.160 e. The molecule has 0 aromatic carbocycles. The number of hydrogen-bond donors (Lipinski definition) is 1. The number of aliphatic hydroxyl groups is 1. The molecule has 0 amide bonds. The quantitative estimate of drug-likeness (QED) is 0.690. The zero-order chi connectivity index (χ0) is 9.76. The molecule has 4 bridgehead atoms. The van der Waals surface area contributed by atoms with E-state index >= 15 is 0 Å². The molecule has 5 unspecified atom stereocenters. The van der Waals surface area contributed by atoms with Crippen LogP contribution in [0.4, 0.5) is 0 Å². The van der Waals surface area contributed by atoms with Gasteiger partial charge in [-0.25, -0.2) is 0 Å². The largest absolute Gasteiger partial charge is 0.390 e. The fourth-order valence-corrected chi connectivity index (χ4v) is 3.79. The van der Waals surface area contributed by atoms with Crippen molar-refractivity contribution >= 4 is 0 Å². The van der Waals surface area contributed by atoms with E-state index in [-0.39, 0.29) is 12.4 Å². The maximum Gasteiger partial charge on any atom is 0.160 e. The second kappa shape index (κ2) is 2.94. The summed E-state index contributed by atoms with van der Waals surface area (Å²) in [5.41, 5.74) is -0.441. The van der Waals surface area contributed by atoms with E-state index in [4.69, 9.17) is 9.47 Å². The Morgan fingerprint density at radius 1 is 1.29 bits per heavy atom. The summed E-state index contributed by atoms with van der Waals surface area (Å²) in [5, 5.41) is 10.4. The molecule has 5 atom stereocenters. The zero-order valence-corrected chi connectivity index (χ0v) is 8.61. The van der Waals surface area contributed by atoms with Crippen molar-refractivity contribution in [1.29, 1.82) is 0 Å². The average molecular weight is 198 g/mol. The summed E-state index contributed by atoms with van der Waals surface area (Å²) in [7, 11) is 1.71. The van der Waals surface area contributed by atoms with Gasteiger partial charge in [0.25, 0.3) is 0 Å². The lowest BCUT2D eigenvalue weighted by Gasteiger charge is -2.43. The fraction of sp³-hybridized carbons (Fsp3) is 1.00. The van der Waals surface area contributed by atoms with E-state index in [9.17, 15) is 5.11 Å².